The van der Waals surface area contributed by atoms with E-state index in [1.54, 1.807) is 20.9 Å². The van der Waals surface area contributed by atoms with Crippen molar-refractivity contribution >= 4 is 5.91 Å². The van der Waals surface area contributed by atoms with E-state index in [-0.39, 0.29) is 25.4 Å². The maximum Gasteiger partial charge on any atom is 0.412 e. The fourth-order valence-electron chi connectivity index (χ4n) is 1.61. The summed E-state index contributed by atoms with van der Waals surface area (Å²) in [5.41, 5.74) is -1.28. The highest BCUT2D eigenvalue weighted by molar-refractivity contribution is 5.85. The molecule has 0 saturated carbocycles. The van der Waals surface area contributed by atoms with E-state index in [0.29, 0.717) is 0 Å². The topological polar surface area (TPSA) is 32.3 Å². The largest absolute Gasteiger partial charge is 0.412 e. The van der Waals surface area contributed by atoms with Crippen molar-refractivity contribution in [3.05, 3.63) is 11.6 Å². The molecule has 0 aromatic heterocycles. The SMILES string of the molecule is CNC(C)(C)C(=O)N1CC=C(C(F)(F)F)CC1. The zero-order valence-corrected chi connectivity index (χ0v) is 10.2. The van der Waals surface area contributed by atoms with Gasteiger partial charge >= 0.3 is 6.18 Å². The minimum atomic E-state index is -4.27. The molecular formula is C11H17F3N2O. The lowest BCUT2D eigenvalue weighted by Crippen LogP contribution is -2.53. The minimum absolute atomic E-state index is 0.0266. The van der Waals surface area contributed by atoms with E-state index in [4.69, 9.17) is 0 Å². The molecule has 0 aliphatic carbocycles. The normalized spacial score (nSPS) is 18.0. The van der Waals surface area contributed by atoms with Gasteiger partial charge in [-0.2, -0.15) is 13.2 Å². The van der Waals surface area contributed by atoms with Crippen LogP contribution >= 0.6 is 0 Å². The average Bonchev–Trinajstić information content (AvgIpc) is 2.27. The summed E-state index contributed by atoms with van der Waals surface area (Å²) in [5, 5.41) is 2.85. The summed E-state index contributed by atoms with van der Waals surface area (Å²) >= 11 is 0. The molecule has 1 aliphatic rings. The van der Waals surface area contributed by atoms with Crippen molar-refractivity contribution in [2.45, 2.75) is 32.0 Å². The van der Waals surface area contributed by atoms with E-state index in [1.807, 2.05) is 0 Å². The van der Waals surface area contributed by atoms with E-state index in [0.717, 1.165) is 6.08 Å². The predicted molar refractivity (Wildman–Crippen MR) is 58.5 cm³/mol. The quantitative estimate of drug-likeness (QED) is 0.757. The van der Waals surface area contributed by atoms with Crippen molar-refractivity contribution in [2.75, 3.05) is 20.1 Å². The molecule has 0 atom stereocenters. The molecule has 0 unspecified atom stereocenters. The standard InChI is InChI=1S/C11H17F3N2O/c1-10(2,15-3)9(17)16-6-4-8(5-7-16)11(12,13)14/h4,15H,5-7H2,1-3H3. The van der Waals surface area contributed by atoms with Gasteiger partial charge in [0.15, 0.2) is 0 Å². The van der Waals surface area contributed by atoms with Crippen LogP contribution in [-0.4, -0.2) is 42.7 Å². The Kier molecular flexibility index (Phi) is 3.86. The van der Waals surface area contributed by atoms with E-state index >= 15 is 0 Å². The number of rotatable bonds is 2. The van der Waals surface area contributed by atoms with Gasteiger partial charge in [0.25, 0.3) is 0 Å². The van der Waals surface area contributed by atoms with Crippen molar-refractivity contribution in [1.82, 2.24) is 10.2 Å². The van der Waals surface area contributed by atoms with E-state index < -0.39 is 17.3 Å². The Hall–Kier alpha value is -1.04. The molecule has 6 heteroatoms. The summed E-state index contributed by atoms with van der Waals surface area (Å²) in [7, 11) is 1.65. The molecule has 0 fully saturated rings. The van der Waals surface area contributed by atoms with Gasteiger partial charge in [-0.15, -0.1) is 0 Å². The van der Waals surface area contributed by atoms with Gasteiger partial charge in [-0.3, -0.25) is 4.79 Å². The third-order valence-electron chi connectivity index (χ3n) is 3.02. The molecule has 17 heavy (non-hydrogen) atoms. The highest BCUT2D eigenvalue weighted by Gasteiger charge is 2.37. The number of carbonyl (C=O) groups is 1. The van der Waals surface area contributed by atoms with Crippen LogP contribution in [0.5, 0.6) is 0 Å². The smallest absolute Gasteiger partial charge is 0.337 e. The monoisotopic (exact) mass is 250 g/mol. The van der Waals surface area contributed by atoms with Crippen LogP contribution in [0.25, 0.3) is 0 Å². The lowest BCUT2D eigenvalue weighted by atomic mass is 10.0. The van der Waals surface area contributed by atoms with Crippen LogP contribution in [0.3, 0.4) is 0 Å². The summed E-state index contributed by atoms with van der Waals surface area (Å²) in [6, 6.07) is 0. The molecule has 0 spiro atoms. The highest BCUT2D eigenvalue weighted by atomic mass is 19.4. The zero-order valence-electron chi connectivity index (χ0n) is 10.2. The maximum atomic E-state index is 12.4. The number of hydrogen-bond acceptors (Lipinski definition) is 2. The first-order valence-electron chi connectivity index (χ1n) is 5.43. The number of halogens is 3. The first-order chi connectivity index (χ1) is 7.68. The Morgan fingerprint density at radius 1 is 1.41 bits per heavy atom. The van der Waals surface area contributed by atoms with Crippen molar-refractivity contribution in [1.29, 1.82) is 0 Å². The lowest BCUT2D eigenvalue weighted by Gasteiger charge is -2.33. The van der Waals surface area contributed by atoms with Gasteiger partial charge in [-0.25, -0.2) is 0 Å². The van der Waals surface area contributed by atoms with Crippen molar-refractivity contribution in [3.8, 4) is 0 Å². The number of amides is 1. The molecule has 98 valence electrons. The van der Waals surface area contributed by atoms with Crippen LogP contribution in [0.4, 0.5) is 13.2 Å². The van der Waals surface area contributed by atoms with Gasteiger partial charge < -0.3 is 10.2 Å². The molecule has 1 heterocycles. The highest BCUT2D eigenvalue weighted by Crippen LogP contribution is 2.30. The minimum Gasteiger partial charge on any atom is -0.337 e. The van der Waals surface area contributed by atoms with Crippen LogP contribution in [0.15, 0.2) is 11.6 Å². The molecular weight excluding hydrogens is 233 g/mol. The fraction of sp³-hybridized carbons (Fsp3) is 0.727. The van der Waals surface area contributed by atoms with Gasteiger partial charge in [0.05, 0.1) is 5.54 Å². The van der Waals surface area contributed by atoms with Gasteiger partial charge in [0.1, 0.15) is 0 Å². The lowest BCUT2D eigenvalue weighted by molar-refractivity contribution is -0.137. The summed E-state index contributed by atoms with van der Waals surface area (Å²) < 4.78 is 37.2. The van der Waals surface area contributed by atoms with Crippen molar-refractivity contribution in [3.63, 3.8) is 0 Å². The second-order valence-electron chi connectivity index (χ2n) is 4.60. The number of alkyl halides is 3. The van der Waals surface area contributed by atoms with E-state index in [2.05, 4.69) is 5.32 Å². The molecule has 3 nitrogen and oxygen atoms in total. The van der Waals surface area contributed by atoms with Gasteiger partial charge in [0, 0.05) is 18.7 Å². The van der Waals surface area contributed by atoms with Crippen LogP contribution in [0, 0.1) is 0 Å². The number of nitrogens with one attached hydrogen (secondary N) is 1. The van der Waals surface area contributed by atoms with Gasteiger partial charge in [-0.1, -0.05) is 6.08 Å². The van der Waals surface area contributed by atoms with Gasteiger partial charge in [0.2, 0.25) is 5.91 Å². The second-order valence-corrected chi connectivity index (χ2v) is 4.60. The molecule has 1 aliphatic heterocycles. The van der Waals surface area contributed by atoms with Gasteiger partial charge in [-0.05, 0) is 27.3 Å². The van der Waals surface area contributed by atoms with Crippen LogP contribution in [0.2, 0.25) is 0 Å². The number of nitrogens with zero attached hydrogens (tertiary/aromatic N) is 1. The fourth-order valence-corrected chi connectivity index (χ4v) is 1.61. The van der Waals surface area contributed by atoms with Crippen molar-refractivity contribution in [2.24, 2.45) is 0 Å². The molecule has 0 aromatic rings. The number of carbonyl (C=O) groups excluding carboxylic acids is 1. The molecule has 1 rings (SSSR count). The van der Waals surface area contributed by atoms with Crippen LogP contribution < -0.4 is 5.32 Å². The number of likely N-dealkylation sites (N-methyl/N-ethyl adjacent to an activating group) is 1. The Bertz CT molecular complexity index is 334. The molecule has 0 aromatic carbocycles. The van der Waals surface area contributed by atoms with Crippen molar-refractivity contribution < 1.29 is 18.0 Å². The second kappa shape index (κ2) is 4.68. The number of hydrogen-bond donors (Lipinski definition) is 1. The average molecular weight is 250 g/mol. The molecule has 0 bridgehead atoms. The van der Waals surface area contributed by atoms with Crippen LogP contribution in [0.1, 0.15) is 20.3 Å². The molecule has 0 saturated heterocycles. The maximum absolute atomic E-state index is 12.4. The molecule has 0 radical (unpaired) electrons. The Morgan fingerprint density at radius 2 is 2.00 bits per heavy atom. The van der Waals surface area contributed by atoms with Crippen LogP contribution in [-0.2, 0) is 4.79 Å². The van der Waals surface area contributed by atoms with E-state index in [1.165, 1.54) is 4.90 Å². The first kappa shape index (κ1) is 14.0. The summed E-state index contributed by atoms with van der Waals surface area (Å²) in [4.78, 5) is 13.4. The Balaban J connectivity index is 2.70. The van der Waals surface area contributed by atoms with E-state index in [9.17, 15) is 18.0 Å². The Labute approximate surface area is 98.7 Å². The molecule has 1 amide bonds. The third kappa shape index (κ3) is 3.21. The zero-order chi connectivity index (χ0) is 13.3. The third-order valence-corrected chi connectivity index (χ3v) is 3.02. The summed E-state index contributed by atoms with van der Waals surface area (Å²) in [6.45, 7) is 3.56. The molecule has 1 N–H and O–H groups in total. The predicted octanol–water partition coefficient (Wildman–Crippen LogP) is 1.71. The Morgan fingerprint density at radius 3 is 2.35 bits per heavy atom. The summed E-state index contributed by atoms with van der Waals surface area (Å²) in [6.07, 6.45) is -3.31. The summed E-state index contributed by atoms with van der Waals surface area (Å²) in [5.74, 6) is -0.183. The first-order valence-corrected chi connectivity index (χ1v) is 5.43.